The number of carbonyl (C=O) groups is 1. The van der Waals surface area contributed by atoms with Crippen LogP contribution in [0.5, 0.6) is 5.75 Å². The molecule has 0 aliphatic carbocycles. The molecule has 1 saturated heterocycles. The predicted octanol–water partition coefficient (Wildman–Crippen LogP) is 2.22. The van der Waals surface area contributed by atoms with Gasteiger partial charge in [-0.05, 0) is 62.4 Å². The van der Waals surface area contributed by atoms with Gasteiger partial charge in [-0.15, -0.1) is 12.4 Å². The van der Waals surface area contributed by atoms with Crippen molar-refractivity contribution in [3.8, 4) is 5.75 Å². The highest BCUT2D eigenvalue weighted by Gasteiger charge is 2.38. The monoisotopic (exact) mass is 324 g/mol. The Bertz CT molecular complexity index is 545. The quantitative estimate of drug-likeness (QED) is 0.907. The minimum absolute atomic E-state index is 0. The fourth-order valence-corrected chi connectivity index (χ4v) is 3.46. The molecule has 1 aromatic rings. The van der Waals surface area contributed by atoms with Crippen LogP contribution >= 0.6 is 12.4 Å². The molecule has 3 rings (SSSR count). The van der Waals surface area contributed by atoms with Crippen molar-refractivity contribution in [2.45, 2.75) is 45.8 Å². The number of hydrogen-bond acceptors (Lipinski definition) is 3. The number of benzene rings is 1. The summed E-state index contributed by atoms with van der Waals surface area (Å²) in [4.78, 5) is 14.7. The molecular formula is C17H25ClN2O2. The number of carbonyl (C=O) groups excluding carboxylic acids is 1. The van der Waals surface area contributed by atoms with E-state index in [0.29, 0.717) is 18.9 Å². The highest BCUT2D eigenvalue weighted by molar-refractivity contribution is 5.85. The minimum atomic E-state index is -0.361. The van der Waals surface area contributed by atoms with E-state index >= 15 is 0 Å². The van der Waals surface area contributed by atoms with Crippen LogP contribution in [0.15, 0.2) is 12.1 Å². The highest BCUT2D eigenvalue weighted by atomic mass is 35.5. The first kappa shape index (κ1) is 17.1. The SMILES string of the molecule is Cc1cc2c(cc1C)OC(C(=O)N1CC(CN)CC1C)C2.Cl. The summed E-state index contributed by atoms with van der Waals surface area (Å²) in [6.45, 7) is 7.69. The number of ether oxygens (including phenoxy) is 1. The largest absolute Gasteiger partial charge is 0.480 e. The lowest BCUT2D eigenvalue weighted by Crippen LogP contribution is -2.43. The zero-order valence-corrected chi connectivity index (χ0v) is 14.3. The summed E-state index contributed by atoms with van der Waals surface area (Å²) < 4.78 is 5.91. The minimum Gasteiger partial charge on any atom is -0.480 e. The summed E-state index contributed by atoms with van der Waals surface area (Å²) in [7, 11) is 0. The van der Waals surface area contributed by atoms with Gasteiger partial charge in [0.2, 0.25) is 0 Å². The lowest BCUT2D eigenvalue weighted by Gasteiger charge is -2.24. The van der Waals surface area contributed by atoms with E-state index in [2.05, 4.69) is 26.8 Å². The van der Waals surface area contributed by atoms with Crippen molar-refractivity contribution in [2.75, 3.05) is 13.1 Å². The number of aryl methyl sites for hydroxylation is 2. The van der Waals surface area contributed by atoms with Crippen LogP contribution in [-0.4, -0.2) is 36.0 Å². The van der Waals surface area contributed by atoms with E-state index in [1.165, 1.54) is 11.1 Å². The van der Waals surface area contributed by atoms with Crippen molar-refractivity contribution in [1.29, 1.82) is 0 Å². The highest BCUT2D eigenvalue weighted by Crippen LogP contribution is 2.33. The fraction of sp³-hybridized carbons (Fsp3) is 0.588. The molecule has 0 spiro atoms. The number of rotatable bonds is 2. The fourth-order valence-electron chi connectivity index (χ4n) is 3.46. The lowest BCUT2D eigenvalue weighted by molar-refractivity contribution is -0.138. The Morgan fingerprint density at radius 2 is 2.05 bits per heavy atom. The third-order valence-electron chi connectivity index (χ3n) is 4.90. The van der Waals surface area contributed by atoms with Crippen molar-refractivity contribution < 1.29 is 9.53 Å². The molecule has 22 heavy (non-hydrogen) atoms. The molecule has 2 aliphatic heterocycles. The van der Waals surface area contributed by atoms with Gasteiger partial charge >= 0.3 is 0 Å². The van der Waals surface area contributed by atoms with E-state index in [0.717, 1.165) is 24.3 Å². The second kappa shape index (κ2) is 6.47. The van der Waals surface area contributed by atoms with Crippen LogP contribution < -0.4 is 10.5 Å². The molecule has 0 saturated carbocycles. The standard InChI is InChI=1S/C17H24N2O2.ClH/c1-10-4-14-7-16(21-15(14)5-11(10)2)17(20)19-9-13(8-18)6-12(19)3;/h4-5,12-13,16H,6-9,18H2,1-3H3;1H. The van der Waals surface area contributed by atoms with E-state index in [1.807, 2.05) is 11.0 Å². The molecule has 0 radical (unpaired) electrons. The van der Waals surface area contributed by atoms with Gasteiger partial charge in [0.05, 0.1) is 0 Å². The number of halogens is 1. The maximum Gasteiger partial charge on any atom is 0.264 e. The second-order valence-electron chi connectivity index (χ2n) is 6.53. The third-order valence-corrected chi connectivity index (χ3v) is 4.90. The molecule has 2 heterocycles. The number of fused-ring (bicyclic) bond motifs is 1. The van der Waals surface area contributed by atoms with Gasteiger partial charge < -0.3 is 15.4 Å². The van der Waals surface area contributed by atoms with E-state index < -0.39 is 0 Å². The average molecular weight is 325 g/mol. The molecule has 3 unspecified atom stereocenters. The molecular weight excluding hydrogens is 300 g/mol. The Kier molecular flexibility index (Phi) is 5.03. The zero-order chi connectivity index (χ0) is 15.1. The summed E-state index contributed by atoms with van der Waals surface area (Å²) >= 11 is 0. The van der Waals surface area contributed by atoms with Crippen molar-refractivity contribution in [1.82, 2.24) is 4.90 Å². The van der Waals surface area contributed by atoms with Gasteiger partial charge in [0.15, 0.2) is 6.10 Å². The number of amides is 1. The summed E-state index contributed by atoms with van der Waals surface area (Å²) in [5.41, 5.74) is 9.36. The van der Waals surface area contributed by atoms with Crippen LogP contribution in [0, 0.1) is 19.8 Å². The maximum absolute atomic E-state index is 12.7. The van der Waals surface area contributed by atoms with Crippen LogP contribution in [0.3, 0.4) is 0 Å². The molecule has 0 aromatic heterocycles. The Morgan fingerprint density at radius 3 is 2.68 bits per heavy atom. The number of hydrogen-bond donors (Lipinski definition) is 1. The van der Waals surface area contributed by atoms with Gasteiger partial charge in [-0.1, -0.05) is 6.07 Å². The number of nitrogens with zero attached hydrogens (tertiary/aromatic N) is 1. The number of likely N-dealkylation sites (tertiary alicyclic amines) is 1. The Morgan fingerprint density at radius 1 is 1.36 bits per heavy atom. The van der Waals surface area contributed by atoms with Crippen LogP contribution in [0.1, 0.15) is 30.0 Å². The molecule has 1 fully saturated rings. The van der Waals surface area contributed by atoms with E-state index in [4.69, 9.17) is 10.5 Å². The third kappa shape index (κ3) is 2.95. The Labute approximate surface area is 138 Å². The molecule has 2 aliphatic rings. The topological polar surface area (TPSA) is 55.6 Å². The predicted molar refractivity (Wildman–Crippen MR) is 89.6 cm³/mol. The van der Waals surface area contributed by atoms with Crippen molar-refractivity contribution in [3.63, 3.8) is 0 Å². The van der Waals surface area contributed by atoms with Crippen molar-refractivity contribution in [2.24, 2.45) is 11.7 Å². The van der Waals surface area contributed by atoms with Gasteiger partial charge in [0.1, 0.15) is 5.75 Å². The molecule has 122 valence electrons. The van der Waals surface area contributed by atoms with Crippen molar-refractivity contribution in [3.05, 3.63) is 28.8 Å². The smallest absolute Gasteiger partial charge is 0.264 e. The van der Waals surface area contributed by atoms with Crippen LogP contribution in [-0.2, 0) is 11.2 Å². The van der Waals surface area contributed by atoms with Crippen LogP contribution in [0.4, 0.5) is 0 Å². The summed E-state index contributed by atoms with van der Waals surface area (Å²) in [5.74, 6) is 1.42. The van der Waals surface area contributed by atoms with Crippen molar-refractivity contribution >= 4 is 18.3 Å². The van der Waals surface area contributed by atoms with Crippen LogP contribution in [0.25, 0.3) is 0 Å². The molecule has 0 bridgehead atoms. The Balaban J connectivity index is 0.00000176. The summed E-state index contributed by atoms with van der Waals surface area (Å²) in [6.07, 6.45) is 1.33. The van der Waals surface area contributed by atoms with Gasteiger partial charge in [0, 0.05) is 19.0 Å². The average Bonchev–Trinajstić information content (AvgIpc) is 3.02. The summed E-state index contributed by atoms with van der Waals surface area (Å²) in [5, 5.41) is 0. The normalized spacial score (nSPS) is 26.4. The molecule has 4 nitrogen and oxygen atoms in total. The lowest BCUT2D eigenvalue weighted by atomic mass is 10.0. The van der Waals surface area contributed by atoms with Crippen LogP contribution in [0.2, 0.25) is 0 Å². The molecule has 2 N–H and O–H groups in total. The zero-order valence-electron chi connectivity index (χ0n) is 13.5. The second-order valence-corrected chi connectivity index (χ2v) is 6.53. The molecule has 5 heteroatoms. The van der Waals surface area contributed by atoms with Gasteiger partial charge in [-0.2, -0.15) is 0 Å². The first-order valence-corrected chi connectivity index (χ1v) is 7.77. The molecule has 3 atom stereocenters. The first-order chi connectivity index (χ1) is 9.99. The molecule has 1 amide bonds. The summed E-state index contributed by atoms with van der Waals surface area (Å²) in [6, 6.07) is 4.46. The van der Waals surface area contributed by atoms with E-state index in [1.54, 1.807) is 0 Å². The van der Waals surface area contributed by atoms with E-state index in [9.17, 15) is 4.79 Å². The maximum atomic E-state index is 12.7. The van der Waals surface area contributed by atoms with E-state index in [-0.39, 0.29) is 30.5 Å². The van der Waals surface area contributed by atoms with Gasteiger partial charge in [-0.25, -0.2) is 0 Å². The van der Waals surface area contributed by atoms with Gasteiger partial charge in [-0.3, -0.25) is 4.79 Å². The Hall–Kier alpha value is -1.26. The number of nitrogens with two attached hydrogens (primary N) is 1. The first-order valence-electron chi connectivity index (χ1n) is 7.77. The molecule has 1 aromatic carbocycles. The van der Waals surface area contributed by atoms with Gasteiger partial charge in [0.25, 0.3) is 5.91 Å².